The molecule has 0 spiro atoms. The van der Waals surface area contributed by atoms with Gasteiger partial charge in [0.1, 0.15) is 6.26 Å². The minimum Gasteiger partial charge on any atom is -0.469 e. The molecule has 0 aliphatic carbocycles. The number of oxazole rings is 1. The van der Waals surface area contributed by atoms with Gasteiger partial charge in [0, 0.05) is 12.3 Å². The lowest BCUT2D eigenvalue weighted by Crippen LogP contribution is -2.28. The summed E-state index contributed by atoms with van der Waals surface area (Å²) in [5, 5.41) is -0.621. The molecule has 2 saturated heterocycles. The number of methoxy groups -OCH3 is 1. The molecule has 0 unspecified atom stereocenters. The molecule has 2 bridgehead atoms. The van der Waals surface area contributed by atoms with Crippen molar-refractivity contribution < 1.29 is 23.5 Å². The molecule has 1 aromatic heterocycles. The van der Waals surface area contributed by atoms with Crippen LogP contribution in [0.5, 0.6) is 0 Å². The Morgan fingerprint density at radius 2 is 1.96 bits per heavy atom. The Bertz CT molecular complexity index is 879. The fourth-order valence-corrected chi connectivity index (χ4v) is 4.59. The van der Waals surface area contributed by atoms with E-state index in [4.69, 9.17) is 25.5 Å². The van der Waals surface area contributed by atoms with Crippen LogP contribution in [0.2, 0.25) is 0 Å². The molecule has 7 heteroatoms. The second kappa shape index (κ2) is 8.05. The second-order valence-electron chi connectivity index (χ2n) is 7.37. The SMILES string of the molecule is COC(=O)CCc1ccccc1C[C@@H]1[C@H](c2nc(C(=O)Cl)co2)[C@H]2CC[C@@H]1O2. The molecule has 0 N–H and O–H groups in total. The average molecular weight is 404 g/mol. The smallest absolute Gasteiger partial charge is 0.305 e. The van der Waals surface area contributed by atoms with Gasteiger partial charge >= 0.3 is 5.97 Å². The second-order valence-corrected chi connectivity index (χ2v) is 7.72. The molecular formula is C21H22ClNO5. The fraction of sp³-hybridized carbons (Fsp3) is 0.476. The first kappa shape index (κ1) is 19.2. The van der Waals surface area contributed by atoms with E-state index in [9.17, 15) is 9.59 Å². The number of carbonyl (C=O) groups excluding carboxylic acids is 2. The van der Waals surface area contributed by atoms with Crippen molar-refractivity contribution in [3.05, 3.63) is 53.2 Å². The molecule has 2 aliphatic rings. The lowest BCUT2D eigenvalue weighted by atomic mass is 9.75. The molecule has 2 aromatic rings. The van der Waals surface area contributed by atoms with Crippen LogP contribution in [0.15, 0.2) is 34.9 Å². The minimum atomic E-state index is -0.621. The molecule has 3 heterocycles. The predicted octanol–water partition coefficient (Wildman–Crippen LogP) is 3.66. The van der Waals surface area contributed by atoms with Crippen molar-refractivity contribution in [1.82, 2.24) is 4.98 Å². The quantitative estimate of drug-likeness (QED) is 0.518. The van der Waals surface area contributed by atoms with Crippen LogP contribution >= 0.6 is 11.6 Å². The van der Waals surface area contributed by atoms with E-state index in [0.29, 0.717) is 18.7 Å². The number of aryl methyl sites for hydroxylation is 1. The number of hydrogen-bond acceptors (Lipinski definition) is 6. The van der Waals surface area contributed by atoms with Gasteiger partial charge in [-0.05, 0) is 48.4 Å². The zero-order valence-electron chi connectivity index (χ0n) is 15.6. The van der Waals surface area contributed by atoms with E-state index in [1.165, 1.54) is 18.9 Å². The Labute approximate surface area is 168 Å². The number of halogens is 1. The van der Waals surface area contributed by atoms with Gasteiger partial charge in [0.15, 0.2) is 5.69 Å². The molecular weight excluding hydrogens is 382 g/mol. The van der Waals surface area contributed by atoms with Gasteiger partial charge in [-0.15, -0.1) is 0 Å². The maximum absolute atomic E-state index is 11.5. The van der Waals surface area contributed by atoms with Crippen molar-refractivity contribution in [1.29, 1.82) is 0 Å². The van der Waals surface area contributed by atoms with Crippen molar-refractivity contribution >= 4 is 22.8 Å². The van der Waals surface area contributed by atoms with Crippen LogP contribution < -0.4 is 0 Å². The van der Waals surface area contributed by atoms with Crippen molar-refractivity contribution in [3.63, 3.8) is 0 Å². The van der Waals surface area contributed by atoms with E-state index in [-0.39, 0.29) is 35.7 Å². The molecule has 4 rings (SSSR count). The summed E-state index contributed by atoms with van der Waals surface area (Å²) in [5.41, 5.74) is 2.47. The molecule has 2 fully saturated rings. The highest BCUT2D eigenvalue weighted by Gasteiger charge is 2.51. The first-order valence-electron chi connectivity index (χ1n) is 9.51. The molecule has 0 radical (unpaired) electrons. The number of benzene rings is 1. The van der Waals surface area contributed by atoms with Crippen LogP contribution in [0, 0.1) is 5.92 Å². The zero-order valence-corrected chi connectivity index (χ0v) is 16.4. The number of aromatic nitrogens is 1. The van der Waals surface area contributed by atoms with E-state index in [1.54, 1.807) is 0 Å². The first-order chi connectivity index (χ1) is 13.6. The molecule has 148 valence electrons. The van der Waals surface area contributed by atoms with E-state index < -0.39 is 5.24 Å². The predicted molar refractivity (Wildman–Crippen MR) is 101 cm³/mol. The number of carbonyl (C=O) groups is 2. The standard InChI is InChI=1S/C21H22ClNO5/c1-26-18(24)9-6-12-4-2-3-5-13(12)10-14-16-7-8-17(28-16)19(14)21-23-15(11-27-21)20(22)25/h2-5,11,14,16-17,19H,6-10H2,1H3/t14-,16-,17+,19-/m0/s1. The van der Waals surface area contributed by atoms with E-state index >= 15 is 0 Å². The third-order valence-electron chi connectivity index (χ3n) is 5.83. The van der Waals surface area contributed by atoms with E-state index in [2.05, 4.69) is 17.1 Å². The molecule has 4 atom stereocenters. The Balaban J connectivity index is 1.56. The highest BCUT2D eigenvalue weighted by Crippen LogP contribution is 2.50. The summed E-state index contributed by atoms with van der Waals surface area (Å²) < 4.78 is 16.5. The van der Waals surface area contributed by atoms with Crippen LogP contribution in [-0.2, 0) is 27.1 Å². The summed E-state index contributed by atoms with van der Waals surface area (Å²) in [7, 11) is 1.40. The van der Waals surface area contributed by atoms with Gasteiger partial charge < -0.3 is 13.9 Å². The van der Waals surface area contributed by atoms with E-state index in [0.717, 1.165) is 24.8 Å². The maximum atomic E-state index is 11.5. The van der Waals surface area contributed by atoms with Crippen LogP contribution in [-0.4, -0.2) is 35.5 Å². The van der Waals surface area contributed by atoms with Gasteiger partial charge in [0.2, 0.25) is 5.89 Å². The van der Waals surface area contributed by atoms with Crippen molar-refractivity contribution in [2.75, 3.05) is 7.11 Å². The van der Waals surface area contributed by atoms with E-state index in [1.807, 2.05) is 12.1 Å². The van der Waals surface area contributed by atoms with Gasteiger partial charge in [0.05, 0.1) is 25.2 Å². The lowest BCUT2D eigenvalue weighted by Gasteiger charge is -2.26. The third-order valence-corrected chi connectivity index (χ3v) is 6.03. The Kier molecular flexibility index (Phi) is 5.51. The van der Waals surface area contributed by atoms with Crippen LogP contribution in [0.4, 0.5) is 0 Å². The summed E-state index contributed by atoms with van der Waals surface area (Å²) in [5.74, 6) is 0.509. The Morgan fingerprint density at radius 1 is 1.21 bits per heavy atom. The maximum Gasteiger partial charge on any atom is 0.305 e. The highest BCUT2D eigenvalue weighted by atomic mass is 35.5. The average Bonchev–Trinajstić information content (AvgIpc) is 3.43. The van der Waals surface area contributed by atoms with Crippen molar-refractivity contribution in [2.45, 2.75) is 50.2 Å². The van der Waals surface area contributed by atoms with Crippen molar-refractivity contribution in [2.24, 2.45) is 5.92 Å². The topological polar surface area (TPSA) is 78.6 Å². The molecule has 2 aliphatic heterocycles. The lowest BCUT2D eigenvalue weighted by molar-refractivity contribution is -0.140. The number of esters is 1. The number of rotatable bonds is 7. The largest absolute Gasteiger partial charge is 0.469 e. The number of fused-ring (bicyclic) bond motifs is 2. The van der Waals surface area contributed by atoms with Gasteiger partial charge in [0.25, 0.3) is 5.24 Å². The molecule has 6 nitrogen and oxygen atoms in total. The minimum absolute atomic E-state index is 0.00261. The number of hydrogen-bond donors (Lipinski definition) is 0. The van der Waals surface area contributed by atoms with Crippen LogP contribution in [0.25, 0.3) is 0 Å². The molecule has 0 amide bonds. The molecule has 0 saturated carbocycles. The summed E-state index contributed by atoms with van der Waals surface area (Å²) in [6, 6.07) is 8.14. The number of ether oxygens (including phenoxy) is 2. The Morgan fingerprint density at radius 3 is 2.68 bits per heavy atom. The van der Waals surface area contributed by atoms with Gasteiger partial charge in [-0.25, -0.2) is 4.98 Å². The normalized spacial score (nSPS) is 25.8. The summed E-state index contributed by atoms with van der Waals surface area (Å²) >= 11 is 5.53. The zero-order chi connectivity index (χ0) is 19.7. The molecule has 1 aromatic carbocycles. The van der Waals surface area contributed by atoms with Gasteiger partial charge in [-0.1, -0.05) is 24.3 Å². The third kappa shape index (κ3) is 3.71. The highest BCUT2D eigenvalue weighted by molar-refractivity contribution is 6.67. The van der Waals surface area contributed by atoms with Crippen molar-refractivity contribution in [3.8, 4) is 0 Å². The fourth-order valence-electron chi connectivity index (χ4n) is 4.50. The monoisotopic (exact) mass is 403 g/mol. The molecule has 28 heavy (non-hydrogen) atoms. The summed E-state index contributed by atoms with van der Waals surface area (Å²) in [4.78, 5) is 27.2. The first-order valence-corrected chi connectivity index (χ1v) is 9.89. The van der Waals surface area contributed by atoms with Gasteiger partial charge in [-0.3, -0.25) is 9.59 Å². The summed E-state index contributed by atoms with van der Waals surface area (Å²) in [6.45, 7) is 0. The number of nitrogens with zero attached hydrogens (tertiary/aromatic N) is 1. The summed E-state index contributed by atoms with van der Waals surface area (Å²) in [6.07, 6.45) is 5.28. The van der Waals surface area contributed by atoms with Crippen LogP contribution in [0.3, 0.4) is 0 Å². The van der Waals surface area contributed by atoms with Gasteiger partial charge in [-0.2, -0.15) is 0 Å². The van der Waals surface area contributed by atoms with Crippen LogP contribution in [0.1, 0.15) is 52.7 Å². The Hall–Kier alpha value is -2.18.